The summed E-state index contributed by atoms with van der Waals surface area (Å²) in [7, 11) is 0. The van der Waals surface area contributed by atoms with E-state index in [-0.39, 0.29) is 6.03 Å². The molecule has 2 aliphatic rings. The van der Waals surface area contributed by atoms with Crippen LogP contribution in [0.15, 0.2) is 18.5 Å². The van der Waals surface area contributed by atoms with Crippen molar-refractivity contribution in [2.75, 3.05) is 25.0 Å². The summed E-state index contributed by atoms with van der Waals surface area (Å²) < 4.78 is 1.60. The molecule has 9 heteroatoms. The lowest BCUT2D eigenvalue weighted by Gasteiger charge is -2.35. The number of piperidine rings is 1. The maximum Gasteiger partial charge on any atom is 0.321 e. The molecule has 0 spiro atoms. The SMILES string of the molecule is Cc1cc(-n2cnnn2)cc(NC(=O)N2CCCC(C3CCNN3)C2)c1C. The molecule has 1 aromatic heterocycles. The van der Waals surface area contributed by atoms with E-state index in [0.717, 1.165) is 61.4 Å². The number of tetrazole rings is 1. The number of rotatable bonds is 3. The van der Waals surface area contributed by atoms with Crippen molar-refractivity contribution in [1.82, 2.24) is 36.0 Å². The molecule has 0 saturated carbocycles. The number of amides is 2. The van der Waals surface area contributed by atoms with Gasteiger partial charge in [0.2, 0.25) is 0 Å². The Balaban J connectivity index is 1.49. The number of hydrogen-bond donors (Lipinski definition) is 3. The summed E-state index contributed by atoms with van der Waals surface area (Å²) in [6, 6.07) is 4.34. The summed E-state index contributed by atoms with van der Waals surface area (Å²) in [4.78, 5) is 14.9. The average Bonchev–Trinajstić information content (AvgIpc) is 3.39. The number of carbonyl (C=O) groups is 1. The second-order valence-corrected chi connectivity index (χ2v) is 7.43. The van der Waals surface area contributed by atoms with E-state index in [4.69, 9.17) is 0 Å². The number of nitrogens with one attached hydrogen (secondary N) is 3. The standard InChI is InChI=1S/C18H26N8O/c1-12-8-15(26-11-20-23-24-26)9-17(13(12)2)21-18(27)25-7-3-4-14(10-25)16-5-6-19-22-16/h8-9,11,14,16,19,22H,3-7,10H2,1-2H3,(H,21,27). The maximum atomic E-state index is 12.9. The average molecular weight is 370 g/mol. The Bertz CT molecular complexity index is 800. The van der Waals surface area contributed by atoms with Gasteiger partial charge in [0.1, 0.15) is 6.33 Å². The number of benzene rings is 1. The number of aryl methyl sites for hydroxylation is 1. The number of anilines is 1. The Morgan fingerprint density at radius 2 is 2.19 bits per heavy atom. The summed E-state index contributed by atoms with van der Waals surface area (Å²) in [6.45, 7) is 6.62. The van der Waals surface area contributed by atoms with Crippen LogP contribution in [0.2, 0.25) is 0 Å². The van der Waals surface area contributed by atoms with Crippen LogP contribution >= 0.6 is 0 Å². The molecule has 2 fully saturated rings. The van der Waals surface area contributed by atoms with Gasteiger partial charge in [-0.3, -0.25) is 10.9 Å². The fourth-order valence-electron chi connectivity index (χ4n) is 3.96. The summed E-state index contributed by atoms with van der Waals surface area (Å²) in [6.07, 6.45) is 4.87. The minimum atomic E-state index is -0.0398. The zero-order chi connectivity index (χ0) is 18.8. The molecular formula is C18H26N8O. The van der Waals surface area contributed by atoms with E-state index < -0.39 is 0 Å². The van der Waals surface area contributed by atoms with E-state index in [9.17, 15) is 4.79 Å². The largest absolute Gasteiger partial charge is 0.324 e. The lowest BCUT2D eigenvalue weighted by molar-refractivity contribution is 0.162. The van der Waals surface area contributed by atoms with Gasteiger partial charge in [0.05, 0.1) is 5.69 Å². The van der Waals surface area contributed by atoms with E-state index in [1.807, 2.05) is 30.9 Å². The molecule has 2 amide bonds. The lowest BCUT2D eigenvalue weighted by atomic mass is 9.90. The molecule has 2 aliphatic heterocycles. The molecule has 2 saturated heterocycles. The third-order valence-corrected chi connectivity index (χ3v) is 5.69. The molecule has 144 valence electrons. The molecule has 0 bridgehead atoms. The zero-order valence-electron chi connectivity index (χ0n) is 15.8. The van der Waals surface area contributed by atoms with Crippen molar-refractivity contribution >= 4 is 11.7 Å². The van der Waals surface area contributed by atoms with Crippen molar-refractivity contribution in [3.05, 3.63) is 29.6 Å². The van der Waals surface area contributed by atoms with Crippen LogP contribution in [-0.2, 0) is 0 Å². The van der Waals surface area contributed by atoms with Gasteiger partial charge in [-0.2, -0.15) is 0 Å². The van der Waals surface area contributed by atoms with Gasteiger partial charge in [0, 0.05) is 31.4 Å². The highest BCUT2D eigenvalue weighted by Crippen LogP contribution is 2.26. The fraction of sp³-hybridized carbons (Fsp3) is 0.556. The number of aromatic nitrogens is 4. The third kappa shape index (κ3) is 3.79. The summed E-state index contributed by atoms with van der Waals surface area (Å²) in [5.41, 5.74) is 10.3. The number of likely N-dealkylation sites (tertiary alicyclic amines) is 1. The van der Waals surface area contributed by atoms with Crippen LogP contribution in [0, 0.1) is 19.8 Å². The molecule has 27 heavy (non-hydrogen) atoms. The Morgan fingerprint density at radius 1 is 1.30 bits per heavy atom. The van der Waals surface area contributed by atoms with Gasteiger partial charge in [-0.05, 0) is 72.7 Å². The normalized spacial score (nSPS) is 22.8. The second-order valence-electron chi connectivity index (χ2n) is 7.43. The zero-order valence-corrected chi connectivity index (χ0v) is 15.8. The number of hydrogen-bond acceptors (Lipinski definition) is 6. The molecule has 1 aromatic carbocycles. The van der Waals surface area contributed by atoms with Crippen molar-refractivity contribution in [3.8, 4) is 5.69 Å². The van der Waals surface area contributed by atoms with Crippen molar-refractivity contribution in [1.29, 1.82) is 0 Å². The topological polar surface area (TPSA) is 100 Å². The third-order valence-electron chi connectivity index (χ3n) is 5.69. The van der Waals surface area contributed by atoms with Gasteiger partial charge in [0.15, 0.2) is 0 Å². The van der Waals surface area contributed by atoms with E-state index in [0.29, 0.717) is 12.0 Å². The minimum Gasteiger partial charge on any atom is -0.324 e. The van der Waals surface area contributed by atoms with Crippen LogP contribution in [0.25, 0.3) is 5.69 Å². The second kappa shape index (κ2) is 7.61. The predicted octanol–water partition coefficient (Wildman–Crippen LogP) is 1.39. The first-order valence-electron chi connectivity index (χ1n) is 9.51. The van der Waals surface area contributed by atoms with E-state index in [2.05, 4.69) is 31.7 Å². The van der Waals surface area contributed by atoms with Crippen molar-refractivity contribution in [2.45, 2.75) is 39.2 Å². The highest BCUT2D eigenvalue weighted by Gasteiger charge is 2.31. The van der Waals surface area contributed by atoms with Gasteiger partial charge in [-0.15, -0.1) is 5.10 Å². The van der Waals surface area contributed by atoms with Gasteiger partial charge in [0.25, 0.3) is 0 Å². The summed E-state index contributed by atoms with van der Waals surface area (Å²) in [5, 5.41) is 14.4. The van der Waals surface area contributed by atoms with Crippen molar-refractivity contribution in [2.24, 2.45) is 5.92 Å². The van der Waals surface area contributed by atoms with Gasteiger partial charge >= 0.3 is 6.03 Å². The van der Waals surface area contributed by atoms with E-state index in [1.54, 1.807) is 11.0 Å². The van der Waals surface area contributed by atoms with E-state index in [1.165, 1.54) is 0 Å². The number of urea groups is 1. The predicted molar refractivity (Wildman–Crippen MR) is 101 cm³/mol. The van der Waals surface area contributed by atoms with Crippen LogP contribution in [0.3, 0.4) is 0 Å². The van der Waals surface area contributed by atoms with Gasteiger partial charge in [-0.1, -0.05) is 0 Å². The van der Waals surface area contributed by atoms with Crippen LogP contribution in [0.1, 0.15) is 30.4 Å². The monoisotopic (exact) mass is 370 g/mol. The highest BCUT2D eigenvalue weighted by molar-refractivity contribution is 5.91. The first-order valence-corrected chi connectivity index (χ1v) is 9.51. The summed E-state index contributed by atoms with van der Waals surface area (Å²) >= 11 is 0. The molecule has 2 unspecified atom stereocenters. The highest BCUT2D eigenvalue weighted by atomic mass is 16.2. The number of hydrazine groups is 1. The molecule has 2 aromatic rings. The number of nitrogens with zero attached hydrogens (tertiary/aromatic N) is 5. The molecule has 9 nitrogen and oxygen atoms in total. The summed E-state index contributed by atoms with van der Waals surface area (Å²) in [5.74, 6) is 0.495. The van der Waals surface area contributed by atoms with Gasteiger partial charge in [-0.25, -0.2) is 9.48 Å². The van der Waals surface area contributed by atoms with Crippen LogP contribution in [0.5, 0.6) is 0 Å². The first-order chi connectivity index (χ1) is 13.1. The quantitative estimate of drug-likeness (QED) is 0.755. The van der Waals surface area contributed by atoms with Crippen LogP contribution < -0.4 is 16.2 Å². The molecule has 3 heterocycles. The Hall–Kier alpha value is -2.52. The van der Waals surface area contributed by atoms with Crippen LogP contribution in [0.4, 0.5) is 10.5 Å². The molecule has 0 aliphatic carbocycles. The van der Waals surface area contributed by atoms with Crippen molar-refractivity contribution < 1.29 is 4.79 Å². The Labute approximate surface area is 158 Å². The maximum absolute atomic E-state index is 12.9. The van der Waals surface area contributed by atoms with Gasteiger partial charge < -0.3 is 10.2 Å². The Kier molecular flexibility index (Phi) is 5.04. The number of carbonyl (C=O) groups excluding carboxylic acids is 1. The van der Waals surface area contributed by atoms with E-state index >= 15 is 0 Å². The van der Waals surface area contributed by atoms with Crippen LogP contribution in [-0.4, -0.2) is 56.8 Å². The molecular weight excluding hydrogens is 344 g/mol. The lowest BCUT2D eigenvalue weighted by Crippen LogP contribution is -2.48. The smallest absolute Gasteiger partial charge is 0.321 e. The minimum absolute atomic E-state index is 0.0398. The molecule has 3 N–H and O–H groups in total. The molecule has 4 rings (SSSR count). The molecule has 2 atom stereocenters. The fourth-order valence-corrected chi connectivity index (χ4v) is 3.96. The Morgan fingerprint density at radius 3 is 2.93 bits per heavy atom. The first kappa shape index (κ1) is 17.9. The van der Waals surface area contributed by atoms with Crippen molar-refractivity contribution in [3.63, 3.8) is 0 Å². The molecule has 0 radical (unpaired) electrons.